The molecule has 1 saturated heterocycles. The first-order chi connectivity index (χ1) is 9.10. The third-order valence-corrected chi connectivity index (χ3v) is 3.71. The predicted octanol–water partition coefficient (Wildman–Crippen LogP) is 2.77. The lowest BCUT2D eigenvalue weighted by molar-refractivity contribution is -0.131. The molecule has 0 bridgehead atoms. The molecule has 0 spiro atoms. The zero-order chi connectivity index (χ0) is 13.8. The molecule has 1 heterocycles. The summed E-state index contributed by atoms with van der Waals surface area (Å²) in [4.78, 5) is 12.9. The Labute approximate surface area is 120 Å². The molecule has 0 saturated carbocycles. The molecule has 1 atom stereocenters. The van der Waals surface area contributed by atoms with Crippen molar-refractivity contribution in [2.45, 2.75) is 12.5 Å². The molecule has 1 aromatic carbocycles. The summed E-state index contributed by atoms with van der Waals surface area (Å²) in [6.45, 7) is 1.76. The lowest BCUT2D eigenvalue weighted by atomic mass is 10.1. The predicted molar refractivity (Wildman–Crippen MR) is 78.4 cm³/mol. The van der Waals surface area contributed by atoms with Crippen molar-refractivity contribution in [3.8, 4) is 0 Å². The molecule has 1 aromatic rings. The van der Waals surface area contributed by atoms with Gasteiger partial charge in [-0.25, -0.2) is 4.79 Å². The summed E-state index contributed by atoms with van der Waals surface area (Å²) >= 11 is 3.41. The fraction of sp³-hybridized carbons (Fsp3) is 0.357. The van der Waals surface area contributed by atoms with Crippen molar-refractivity contribution >= 4 is 33.7 Å². The fourth-order valence-electron chi connectivity index (χ4n) is 2.25. The molecule has 1 unspecified atom stereocenters. The maximum atomic E-state index is 10.7. The molecule has 1 fully saturated rings. The van der Waals surface area contributed by atoms with Crippen LogP contribution in [0.2, 0.25) is 0 Å². The van der Waals surface area contributed by atoms with Crippen LogP contribution in [0.15, 0.2) is 28.7 Å². The van der Waals surface area contributed by atoms with E-state index in [-0.39, 0.29) is 6.10 Å². The third-order valence-electron chi connectivity index (χ3n) is 3.21. The van der Waals surface area contributed by atoms with E-state index < -0.39 is 5.97 Å². The van der Waals surface area contributed by atoms with Gasteiger partial charge in [0.15, 0.2) is 0 Å². The number of methoxy groups -OCH3 is 1. The zero-order valence-corrected chi connectivity index (χ0v) is 12.3. The van der Waals surface area contributed by atoms with Gasteiger partial charge in [0.2, 0.25) is 0 Å². The van der Waals surface area contributed by atoms with E-state index in [1.165, 1.54) is 0 Å². The van der Waals surface area contributed by atoms with E-state index in [4.69, 9.17) is 9.84 Å². The van der Waals surface area contributed by atoms with Crippen LogP contribution in [-0.2, 0) is 9.53 Å². The lowest BCUT2D eigenvalue weighted by Crippen LogP contribution is -2.22. The van der Waals surface area contributed by atoms with Crippen molar-refractivity contribution in [3.05, 3.63) is 34.3 Å². The SMILES string of the molecule is COC1CCN(c2ccc(Br)cc2/C=C/C(=O)O)C1. The van der Waals surface area contributed by atoms with Crippen LogP contribution >= 0.6 is 15.9 Å². The van der Waals surface area contributed by atoms with E-state index in [1.54, 1.807) is 13.2 Å². The first-order valence-electron chi connectivity index (χ1n) is 6.08. The van der Waals surface area contributed by atoms with E-state index in [1.807, 2.05) is 18.2 Å². The Morgan fingerprint density at radius 1 is 1.58 bits per heavy atom. The third kappa shape index (κ3) is 3.58. The molecule has 2 rings (SSSR count). The maximum absolute atomic E-state index is 10.7. The molecular weight excluding hydrogens is 310 g/mol. The Balaban J connectivity index is 2.27. The van der Waals surface area contributed by atoms with Crippen LogP contribution in [-0.4, -0.2) is 37.4 Å². The quantitative estimate of drug-likeness (QED) is 0.865. The van der Waals surface area contributed by atoms with Gasteiger partial charge in [0.1, 0.15) is 0 Å². The number of halogens is 1. The van der Waals surface area contributed by atoms with Crippen molar-refractivity contribution in [1.29, 1.82) is 0 Å². The Kier molecular flexibility index (Phi) is 4.61. The number of benzene rings is 1. The van der Waals surface area contributed by atoms with Crippen molar-refractivity contribution < 1.29 is 14.6 Å². The second kappa shape index (κ2) is 6.21. The smallest absolute Gasteiger partial charge is 0.328 e. The monoisotopic (exact) mass is 325 g/mol. The number of hydrogen-bond acceptors (Lipinski definition) is 3. The molecule has 1 N–H and O–H groups in total. The van der Waals surface area contributed by atoms with Crippen molar-refractivity contribution in [3.63, 3.8) is 0 Å². The van der Waals surface area contributed by atoms with Gasteiger partial charge >= 0.3 is 5.97 Å². The van der Waals surface area contributed by atoms with Gasteiger partial charge < -0.3 is 14.7 Å². The van der Waals surface area contributed by atoms with Gasteiger partial charge in [-0.1, -0.05) is 15.9 Å². The number of ether oxygens (including phenoxy) is 1. The number of anilines is 1. The van der Waals surface area contributed by atoms with Crippen molar-refractivity contribution in [1.82, 2.24) is 0 Å². The molecule has 0 aromatic heterocycles. The average molecular weight is 326 g/mol. The molecule has 1 aliphatic heterocycles. The number of aliphatic carboxylic acids is 1. The van der Waals surface area contributed by atoms with Crippen LogP contribution in [0, 0.1) is 0 Å². The van der Waals surface area contributed by atoms with Crippen LogP contribution in [0.25, 0.3) is 6.08 Å². The number of carboxylic acids is 1. The van der Waals surface area contributed by atoms with Gasteiger partial charge in [0.05, 0.1) is 6.10 Å². The second-order valence-electron chi connectivity index (χ2n) is 4.47. The van der Waals surface area contributed by atoms with Gasteiger partial charge in [0.25, 0.3) is 0 Å². The molecule has 0 aliphatic carbocycles. The fourth-order valence-corrected chi connectivity index (χ4v) is 2.63. The van der Waals surface area contributed by atoms with Crippen LogP contribution in [0.4, 0.5) is 5.69 Å². The molecule has 102 valence electrons. The zero-order valence-electron chi connectivity index (χ0n) is 10.7. The summed E-state index contributed by atoms with van der Waals surface area (Å²) in [5, 5.41) is 8.75. The molecule has 19 heavy (non-hydrogen) atoms. The Morgan fingerprint density at radius 3 is 3.00 bits per heavy atom. The van der Waals surface area contributed by atoms with Gasteiger partial charge in [-0.2, -0.15) is 0 Å². The molecule has 4 nitrogen and oxygen atoms in total. The highest BCUT2D eigenvalue weighted by atomic mass is 79.9. The van der Waals surface area contributed by atoms with Crippen LogP contribution in [0.3, 0.4) is 0 Å². The maximum Gasteiger partial charge on any atom is 0.328 e. The van der Waals surface area contributed by atoms with Gasteiger partial charge in [-0.3, -0.25) is 0 Å². The highest BCUT2D eigenvalue weighted by molar-refractivity contribution is 9.10. The van der Waals surface area contributed by atoms with Crippen LogP contribution < -0.4 is 4.90 Å². The first-order valence-corrected chi connectivity index (χ1v) is 6.87. The largest absolute Gasteiger partial charge is 0.478 e. The summed E-state index contributed by atoms with van der Waals surface area (Å²) in [7, 11) is 1.72. The lowest BCUT2D eigenvalue weighted by Gasteiger charge is -2.21. The van der Waals surface area contributed by atoms with Gasteiger partial charge in [-0.05, 0) is 36.3 Å². The number of nitrogens with zero attached hydrogens (tertiary/aromatic N) is 1. The normalized spacial score (nSPS) is 19.3. The summed E-state index contributed by atoms with van der Waals surface area (Å²) in [5.41, 5.74) is 1.94. The minimum Gasteiger partial charge on any atom is -0.478 e. The van der Waals surface area contributed by atoms with Gasteiger partial charge in [-0.15, -0.1) is 0 Å². The van der Waals surface area contributed by atoms with E-state index in [0.29, 0.717) is 0 Å². The minimum atomic E-state index is -0.942. The highest BCUT2D eigenvalue weighted by Gasteiger charge is 2.23. The number of rotatable bonds is 4. The Bertz CT molecular complexity index is 501. The summed E-state index contributed by atoms with van der Waals surface area (Å²) in [6.07, 6.45) is 4.03. The Hall–Kier alpha value is -1.33. The molecular formula is C14H16BrNO3. The van der Waals surface area contributed by atoms with Crippen LogP contribution in [0.5, 0.6) is 0 Å². The molecule has 0 amide bonds. The summed E-state index contributed by atoms with van der Waals surface area (Å²) in [5.74, 6) is -0.942. The topological polar surface area (TPSA) is 49.8 Å². The summed E-state index contributed by atoms with van der Waals surface area (Å²) < 4.78 is 6.30. The number of carboxylic acid groups (broad SMARTS) is 1. The molecule has 1 aliphatic rings. The van der Waals surface area contributed by atoms with Crippen molar-refractivity contribution in [2.75, 3.05) is 25.1 Å². The van der Waals surface area contributed by atoms with E-state index in [9.17, 15) is 4.79 Å². The Morgan fingerprint density at radius 2 is 2.37 bits per heavy atom. The molecule has 5 heteroatoms. The average Bonchev–Trinajstić information content (AvgIpc) is 2.85. The van der Waals surface area contributed by atoms with Crippen molar-refractivity contribution in [2.24, 2.45) is 0 Å². The van der Waals surface area contributed by atoms with E-state index in [0.717, 1.165) is 41.3 Å². The van der Waals surface area contributed by atoms with E-state index in [2.05, 4.69) is 20.8 Å². The first kappa shape index (κ1) is 14.1. The van der Waals surface area contributed by atoms with Gasteiger partial charge in [0, 0.05) is 36.4 Å². The standard InChI is InChI=1S/C14H16BrNO3/c1-19-12-6-7-16(9-12)13-4-3-11(15)8-10(13)2-5-14(17)18/h2-5,8,12H,6-7,9H2,1H3,(H,17,18)/b5-2+. The second-order valence-corrected chi connectivity index (χ2v) is 5.38. The summed E-state index contributed by atoms with van der Waals surface area (Å²) in [6, 6.07) is 5.89. The number of hydrogen-bond donors (Lipinski definition) is 1. The number of carbonyl (C=O) groups is 1. The van der Waals surface area contributed by atoms with Crippen LogP contribution in [0.1, 0.15) is 12.0 Å². The molecule has 0 radical (unpaired) electrons. The van der Waals surface area contributed by atoms with E-state index >= 15 is 0 Å². The minimum absolute atomic E-state index is 0.250. The highest BCUT2D eigenvalue weighted by Crippen LogP contribution is 2.29.